The number of nitrogens with one attached hydrogen (secondary N) is 1. The SMILES string of the molecule is CC(=O)Nc1ccc(C)c(-c2ccccn2)c1. The molecule has 0 aliphatic carbocycles. The Morgan fingerprint density at radius 1 is 1.24 bits per heavy atom. The van der Waals surface area contributed by atoms with E-state index in [1.165, 1.54) is 6.92 Å². The van der Waals surface area contributed by atoms with E-state index < -0.39 is 0 Å². The van der Waals surface area contributed by atoms with Gasteiger partial charge in [0, 0.05) is 24.4 Å². The van der Waals surface area contributed by atoms with Gasteiger partial charge < -0.3 is 5.32 Å². The number of carbonyl (C=O) groups is 1. The molecule has 0 bridgehead atoms. The minimum Gasteiger partial charge on any atom is -0.326 e. The molecule has 0 saturated carbocycles. The molecule has 0 aliphatic heterocycles. The first-order valence-electron chi connectivity index (χ1n) is 5.46. The van der Waals surface area contributed by atoms with E-state index in [-0.39, 0.29) is 5.91 Å². The van der Waals surface area contributed by atoms with Crippen LogP contribution in [0.25, 0.3) is 11.3 Å². The Hall–Kier alpha value is -2.16. The Balaban J connectivity index is 2.43. The van der Waals surface area contributed by atoms with Gasteiger partial charge in [-0.25, -0.2) is 0 Å². The molecule has 1 N–H and O–H groups in total. The third-order valence-electron chi connectivity index (χ3n) is 2.50. The lowest BCUT2D eigenvalue weighted by molar-refractivity contribution is -0.114. The summed E-state index contributed by atoms with van der Waals surface area (Å²) in [5.41, 5.74) is 3.88. The van der Waals surface area contributed by atoms with E-state index in [2.05, 4.69) is 10.3 Å². The minimum absolute atomic E-state index is 0.0687. The first kappa shape index (κ1) is 11.3. The molecule has 0 spiro atoms. The standard InChI is InChI=1S/C14H14N2O/c1-10-6-7-12(16-11(2)17)9-13(10)14-5-3-4-8-15-14/h3-9H,1-2H3,(H,16,17). The van der Waals surface area contributed by atoms with Gasteiger partial charge in [0.25, 0.3) is 0 Å². The largest absolute Gasteiger partial charge is 0.326 e. The molecule has 1 aromatic carbocycles. The van der Waals surface area contributed by atoms with Crippen LogP contribution in [0.4, 0.5) is 5.69 Å². The number of nitrogens with zero attached hydrogens (tertiary/aromatic N) is 1. The van der Waals surface area contributed by atoms with Gasteiger partial charge in [0.2, 0.25) is 5.91 Å². The maximum atomic E-state index is 11.0. The lowest BCUT2D eigenvalue weighted by atomic mass is 10.0. The van der Waals surface area contributed by atoms with Gasteiger partial charge >= 0.3 is 0 Å². The highest BCUT2D eigenvalue weighted by molar-refractivity contribution is 5.89. The van der Waals surface area contributed by atoms with Crippen molar-refractivity contribution in [2.45, 2.75) is 13.8 Å². The van der Waals surface area contributed by atoms with Crippen LogP contribution < -0.4 is 5.32 Å². The highest BCUT2D eigenvalue weighted by Gasteiger charge is 2.04. The molecule has 3 nitrogen and oxygen atoms in total. The lowest BCUT2D eigenvalue weighted by Crippen LogP contribution is -2.05. The number of benzene rings is 1. The molecule has 1 amide bonds. The molecule has 2 aromatic rings. The van der Waals surface area contributed by atoms with Gasteiger partial charge in [-0.2, -0.15) is 0 Å². The summed E-state index contributed by atoms with van der Waals surface area (Å²) in [4.78, 5) is 15.3. The van der Waals surface area contributed by atoms with Crippen LogP contribution in [0.15, 0.2) is 42.6 Å². The number of carbonyl (C=O) groups excluding carboxylic acids is 1. The Morgan fingerprint density at radius 3 is 2.71 bits per heavy atom. The predicted octanol–water partition coefficient (Wildman–Crippen LogP) is 3.02. The van der Waals surface area contributed by atoms with Crippen molar-refractivity contribution in [1.82, 2.24) is 4.98 Å². The molecule has 17 heavy (non-hydrogen) atoms. The molecule has 3 heteroatoms. The van der Waals surface area contributed by atoms with Crippen LogP contribution in [0, 0.1) is 6.92 Å². The smallest absolute Gasteiger partial charge is 0.221 e. The predicted molar refractivity (Wildman–Crippen MR) is 68.7 cm³/mol. The van der Waals surface area contributed by atoms with Crippen molar-refractivity contribution in [3.63, 3.8) is 0 Å². The molecular formula is C14H14N2O. The zero-order chi connectivity index (χ0) is 12.3. The summed E-state index contributed by atoms with van der Waals surface area (Å²) in [6.07, 6.45) is 1.76. The second-order valence-corrected chi connectivity index (χ2v) is 3.93. The van der Waals surface area contributed by atoms with Crippen molar-refractivity contribution >= 4 is 11.6 Å². The molecule has 1 aromatic heterocycles. The van der Waals surface area contributed by atoms with Crippen LogP contribution in [0.5, 0.6) is 0 Å². The minimum atomic E-state index is -0.0687. The normalized spacial score (nSPS) is 10.0. The fourth-order valence-electron chi connectivity index (χ4n) is 1.70. The molecule has 0 saturated heterocycles. The van der Waals surface area contributed by atoms with Crippen LogP contribution in [0.1, 0.15) is 12.5 Å². The zero-order valence-electron chi connectivity index (χ0n) is 9.90. The number of hydrogen-bond acceptors (Lipinski definition) is 2. The van der Waals surface area contributed by atoms with E-state index in [1.807, 2.05) is 43.3 Å². The summed E-state index contributed by atoms with van der Waals surface area (Å²) < 4.78 is 0. The maximum absolute atomic E-state index is 11.0. The number of aryl methyl sites for hydroxylation is 1. The fourth-order valence-corrected chi connectivity index (χ4v) is 1.70. The first-order chi connectivity index (χ1) is 8.16. The van der Waals surface area contributed by atoms with Crippen LogP contribution in [0.3, 0.4) is 0 Å². The molecule has 0 radical (unpaired) electrons. The number of rotatable bonds is 2. The molecule has 0 fully saturated rings. The molecular weight excluding hydrogens is 212 g/mol. The first-order valence-corrected chi connectivity index (χ1v) is 5.46. The number of hydrogen-bond donors (Lipinski definition) is 1. The molecule has 0 aliphatic rings. The van der Waals surface area contributed by atoms with E-state index in [9.17, 15) is 4.79 Å². The van der Waals surface area contributed by atoms with E-state index in [0.29, 0.717) is 0 Å². The maximum Gasteiger partial charge on any atom is 0.221 e. The molecule has 0 atom stereocenters. The summed E-state index contributed by atoms with van der Waals surface area (Å²) >= 11 is 0. The molecule has 1 heterocycles. The van der Waals surface area contributed by atoms with Crippen LogP contribution in [0.2, 0.25) is 0 Å². The van der Waals surface area contributed by atoms with Crippen molar-refractivity contribution < 1.29 is 4.79 Å². The number of anilines is 1. The third-order valence-corrected chi connectivity index (χ3v) is 2.50. The summed E-state index contributed by atoms with van der Waals surface area (Å²) in [7, 11) is 0. The Kier molecular flexibility index (Phi) is 3.19. The van der Waals surface area contributed by atoms with E-state index in [0.717, 1.165) is 22.5 Å². The number of aromatic nitrogens is 1. The number of amides is 1. The topological polar surface area (TPSA) is 42.0 Å². The van der Waals surface area contributed by atoms with Crippen molar-refractivity contribution in [2.75, 3.05) is 5.32 Å². The van der Waals surface area contributed by atoms with Gasteiger partial charge in [-0.15, -0.1) is 0 Å². The second kappa shape index (κ2) is 4.78. The van der Waals surface area contributed by atoms with Crippen molar-refractivity contribution in [3.8, 4) is 11.3 Å². The van der Waals surface area contributed by atoms with Gasteiger partial charge in [-0.3, -0.25) is 9.78 Å². The third kappa shape index (κ3) is 2.69. The summed E-state index contributed by atoms with van der Waals surface area (Å²) in [6, 6.07) is 11.6. The highest BCUT2D eigenvalue weighted by atomic mass is 16.1. The fraction of sp³-hybridized carbons (Fsp3) is 0.143. The van der Waals surface area contributed by atoms with Gasteiger partial charge in [0.15, 0.2) is 0 Å². The quantitative estimate of drug-likeness (QED) is 0.855. The van der Waals surface area contributed by atoms with Gasteiger partial charge in [-0.1, -0.05) is 12.1 Å². The van der Waals surface area contributed by atoms with Crippen molar-refractivity contribution in [3.05, 3.63) is 48.2 Å². The summed E-state index contributed by atoms with van der Waals surface area (Å²) in [5, 5.41) is 2.78. The Bertz CT molecular complexity index is 535. The van der Waals surface area contributed by atoms with Crippen LogP contribution >= 0.6 is 0 Å². The highest BCUT2D eigenvalue weighted by Crippen LogP contribution is 2.24. The molecule has 0 unspecified atom stereocenters. The zero-order valence-corrected chi connectivity index (χ0v) is 9.90. The average Bonchev–Trinajstić information content (AvgIpc) is 2.32. The van der Waals surface area contributed by atoms with Gasteiger partial charge in [0.1, 0.15) is 0 Å². The average molecular weight is 226 g/mol. The van der Waals surface area contributed by atoms with E-state index in [1.54, 1.807) is 6.20 Å². The Morgan fingerprint density at radius 2 is 2.06 bits per heavy atom. The lowest BCUT2D eigenvalue weighted by Gasteiger charge is -2.08. The van der Waals surface area contributed by atoms with E-state index >= 15 is 0 Å². The molecule has 86 valence electrons. The van der Waals surface area contributed by atoms with Gasteiger partial charge in [0.05, 0.1) is 5.69 Å². The summed E-state index contributed by atoms with van der Waals surface area (Å²) in [6.45, 7) is 3.53. The Labute approximate surface area is 101 Å². The monoisotopic (exact) mass is 226 g/mol. The van der Waals surface area contributed by atoms with Crippen molar-refractivity contribution in [2.24, 2.45) is 0 Å². The van der Waals surface area contributed by atoms with E-state index in [4.69, 9.17) is 0 Å². The second-order valence-electron chi connectivity index (χ2n) is 3.93. The number of pyridine rings is 1. The van der Waals surface area contributed by atoms with Crippen molar-refractivity contribution in [1.29, 1.82) is 0 Å². The summed E-state index contributed by atoms with van der Waals surface area (Å²) in [5.74, 6) is -0.0687. The van der Waals surface area contributed by atoms with Crippen LogP contribution in [-0.2, 0) is 4.79 Å². The van der Waals surface area contributed by atoms with Crippen LogP contribution in [-0.4, -0.2) is 10.9 Å². The van der Waals surface area contributed by atoms with Gasteiger partial charge in [-0.05, 0) is 36.8 Å². The molecule has 2 rings (SSSR count).